The third-order valence-electron chi connectivity index (χ3n) is 3.09. The van der Waals surface area contributed by atoms with Crippen LogP contribution in [0.1, 0.15) is 22.8 Å². The van der Waals surface area contributed by atoms with Gasteiger partial charge in [-0.2, -0.15) is 0 Å². The van der Waals surface area contributed by atoms with Gasteiger partial charge in [0.15, 0.2) is 0 Å². The number of hydrogen-bond donors (Lipinski definition) is 3. The Hall–Kier alpha value is -3.15. The number of anilines is 2. The van der Waals surface area contributed by atoms with Gasteiger partial charge in [0.1, 0.15) is 0 Å². The second-order valence-electron chi connectivity index (χ2n) is 4.95. The minimum Gasteiger partial charge on any atom is -0.478 e. The van der Waals surface area contributed by atoms with Gasteiger partial charge in [-0.1, -0.05) is 18.2 Å². The van der Waals surface area contributed by atoms with Crippen molar-refractivity contribution in [3.8, 4) is 0 Å². The number of carboxylic acids is 1. The van der Waals surface area contributed by atoms with Crippen LogP contribution in [0.5, 0.6) is 0 Å². The lowest BCUT2D eigenvalue weighted by atomic mass is 10.0. The summed E-state index contributed by atoms with van der Waals surface area (Å²) in [5.41, 5.74) is 1.76. The normalized spacial score (nSPS) is 9.96. The maximum Gasteiger partial charge on any atom is 0.335 e. The number of carbonyl (C=O) groups excluding carboxylic acids is 2. The molecule has 0 fully saturated rings. The van der Waals surface area contributed by atoms with Gasteiger partial charge in [0.2, 0.25) is 11.8 Å². The van der Waals surface area contributed by atoms with E-state index in [9.17, 15) is 14.4 Å². The fraction of sp³-hybridized carbons (Fsp3) is 0.118. The number of aromatic carboxylic acids is 1. The van der Waals surface area contributed by atoms with Crippen LogP contribution in [0.3, 0.4) is 0 Å². The average Bonchev–Trinajstić information content (AvgIpc) is 2.49. The van der Waals surface area contributed by atoms with Crippen molar-refractivity contribution in [1.29, 1.82) is 0 Å². The summed E-state index contributed by atoms with van der Waals surface area (Å²) in [5.74, 6) is -1.55. The van der Waals surface area contributed by atoms with Gasteiger partial charge < -0.3 is 15.7 Å². The van der Waals surface area contributed by atoms with E-state index in [4.69, 9.17) is 5.11 Å². The van der Waals surface area contributed by atoms with E-state index in [0.717, 1.165) is 0 Å². The van der Waals surface area contributed by atoms with Crippen molar-refractivity contribution in [2.75, 3.05) is 10.6 Å². The van der Waals surface area contributed by atoms with Gasteiger partial charge in [-0.15, -0.1) is 0 Å². The second kappa shape index (κ2) is 7.22. The van der Waals surface area contributed by atoms with E-state index >= 15 is 0 Å². The Labute approximate surface area is 133 Å². The molecule has 0 aliphatic rings. The van der Waals surface area contributed by atoms with Crippen molar-refractivity contribution < 1.29 is 19.5 Å². The smallest absolute Gasteiger partial charge is 0.335 e. The van der Waals surface area contributed by atoms with Crippen molar-refractivity contribution in [3.63, 3.8) is 0 Å². The molecule has 3 N–H and O–H groups in total. The zero-order valence-corrected chi connectivity index (χ0v) is 12.5. The second-order valence-corrected chi connectivity index (χ2v) is 4.95. The molecule has 2 aromatic rings. The van der Waals surface area contributed by atoms with Crippen LogP contribution in [0.15, 0.2) is 48.5 Å². The molecule has 2 aromatic carbocycles. The predicted octanol–water partition coefficient (Wildman–Crippen LogP) is 2.52. The Kier molecular flexibility index (Phi) is 5.09. The summed E-state index contributed by atoms with van der Waals surface area (Å²) in [6, 6.07) is 13.0. The van der Waals surface area contributed by atoms with Gasteiger partial charge in [0.05, 0.1) is 12.0 Å². The van der Waals surface area contributed by atoms with Crippen molar-refractivity contribution in [1.82, 2.24) is 0 Å². The van der Waals surface area contributed by atoms with Gasteiger partial charge in [-0.05, 0) is 35.9 Å². The lowest BCUT2D eigenvalue weighted by molar-refractivity contribution is -0.116. The molecule has 0 aliphatic heterocycles. The Morgan fingerprint density at radius 3 is 2.04 bits per heavy atom. The number of nitrogens with one attached hydrogen (secondary N) is 2. The predicted molar refractivity (Wildman–Crippen MR) is 86.5 cm³/mol. The van der Waals surface area contributed by atoms with Gasteiger partial charge in [0.25, 0.3) is 0 Å². The van der Waals surface area contributed by atoms with Crippen LogP contribution in [0.25, 0.3) is 0 Å². The maximum atomic E-state index is 12.0. The number of carbonyl (C=O) groups is 3. The van der Waals surface area contributed by atoms with Crippen LogP contribution in [0.4, 0.5) is 11.4 Å². The number of amides is 2. The molecule has 0 heterocycles. The van der Waals surface area contributed by atoms with Crippen LogP contribution in [-0.4, -0.2) is 22.9 Å². The first-order chi connectivity index (χ1) is 11.0. The SMILES string of the molecule is CC(=O)Nc1ccc(NC(=O)Cc2ccccc2C(=O)O)cc1. The molecule has 0 unspecified atom stereocenters. The first-order valence-corrected chi connectivity index (χ1v) is 6.94. The number of hydrogen-bond acceptors (Lipinski definition) is 3. The molecular weight excluding hydrogens is 296 g/mol. The minimum absolute atomic E-state index is 0.0318. The topological polar surface area (TPSA) is 95.5 Å². The minimum atomic E-state index is -1.06. The Morgan fingerprint density at radius 1 is 0.913 bits per heavy atom. The number of carboxylic acid groups (broad SMARTS) is 1. The van der Waals surface area contributed by atoms with E-state index < -0.39 is 5.97 Å². The van der Waals surface area contributed by atoms with E-state index in [-0.39, 0.29) is 23.8 Å². The van der Waals surface area contributed by atoms with Gasteiger partial charge in [-0.3, -0.25) is 9.59 Å². The molecule has 0 spiro atoms. The van der Waals surface area contributed by atoms with Gasteiger partial charge >= 0.3 is 5.97 Å². The highest BCUT2D eigenvalue weighted by molar-refractivity contribution is 5.96. The summed E-state index contributed by atoms with van der Waals surface area (Å²) in [5, 5.41) is 14.4. The third kappa shape index (κ3) is 4.67. The third-order valence-corrected chi connectivity index (χ3v) is 3.09. The van der Waals surface area contributed by atoms with Gasteiger partial charge in [0, 0.05) is 18.3 Å². The quantitative estimate of drug-likeness (QED) is 0.790. The molecule has 2 rings (SSSR count). The van der Waals surface area contributed by atoms with Crippen molar-refractivity contribution in [3.05, 3.63) is 59.7 Å². The highest BCUT2D eigenvalue weighted by Gasteiger charge is 2.12. The monoisotopic (exact) mass is 312 g/mol. The zero-order valence-electron chi connectivity index (χ0n) is 12.5. The fourth-order valence-corrected chi connectivity index (χ4v) is 2.10. The zero-order chi connectivity index (χ0) is 16.8. The van der Waals surface area contributed by atoms with Crippen LogP contribution in [0.2, 0.25) is 0 Å². The van der Waals surface area contributed by atoms with Crippen LogP contribution >= 0.6 is 0 Å². The van der Waals surface area contributed by atoms with Crippen molar-refractivity contribution >= 4 is 29.2 Å². The first-order valence-electron chi connectivity index (χ1n) is 6.94. The summed E-state index contributed by atoms with van der Waals surface area (Å²) in [6.45, 7) is 1.41. The van der Waals surface area contributed by atoms with Crippen LogP contribution in [-0.2, 0) is 16.0 Å². The number of benzene rings is 2. The highest BCUT2D eigenvalue weighted by Crippen LogP contribution is 2.15. The number of rotatable bonds is 5. The molecule has 0 aromatic heterocycles. The van der Waals surface area contributed by atoms with Crippen LogP contribution in [0, 0.1) is 0 Å². The Balaban J connectivity index is 2.02. The summed E-state index contributed by atoms with van der Waals surface area (Å²) in [6.07, 6.45) is -0.0318. The molecule has 0 radical (unpaired) electrons. The molecule has 2 amide bonds. The van der Waals surface area contributed by atoms with E-state index in [0.29, 0.717) is 16.9 Å². The largest absolute Gasteiger partial charge is 0.478 e. The van der Waals surface area contributed by atoms with Crippen molar-refractivity contribution in [2.24, 2.45) is 0 Å². The van der Waals surface area contributed by atoms with Crippen molar-refractivity contribution in [2.45, 2.75) is 13.3 Å². The molecule has 6 nitrogen and oxygen atoms in total. The van der Waals surface area contributed by atoms with Crippen LogP contribution < -0.4 is 10.6 Å². The van der Waals surface area contributed by atoms with E-state index in [1.807, 2.05) is 0 Å². The summed E-state index contributed by atoms with van der Waals surface area (Å²) < 4.78 is 0. The average molecular weight is 312 g/mol. The van der Waals surface area contributed by atoms with E-state index in [1.165, 1.54) is 13.0 Å². The molecule has 118 valence electrons. The lowest BCUT2D eigenvalue weighted by Crippen LogP contribution is -2.16. The summed E-state index contributed by atoms with van der Waals surface area (Å²) in [4.78, 5) is 34.1. The molecule has 0 atom stereocenters. The van der Waals surface area contributed by atoms with Gasteiger partial charge in [-0.25, -0.2) is 4.79 Å². The standard InChI is InChI=1S/C17H16N2O4/c1-11(20)18-13-6-8-14(9-7-13)19-16(21)10-12-4-2-3-5-15(12)17(22)23/h2-9H,10H2,1H3,(H,18,20)(H,19,21)(H,22,23). The Bertz CT molecular complexity index is 739. The molecule has 6 heteroatoms. The molecule has 0 saturated carbocycles. The summed E-state index contributed by atoms with van der Waals surface area (Å²) >= 11 is 0. The summed E-state index contributed by atoms with van der Waals surface area (Å²) in [7, 11) is 0. The fourth-order valence-electron chi connectivity index (χ4n) is 2.10. The molecular formula is C17H16N2O4. The van der Waals surface area contributed by atoms with E-state index in [2.05, 4.69) is 10.6 Å². The molecule has 0 bridgehead atoms. The Morgan fingerprint density at radius 2 is 1.48 bits per heavy atom. The molecule has 0 aliphatic carbocycles. The first kappa shape index (κ1) is 16.2. The highest BCUT2D eigenvalue weighted by atomic mass is 16.4. The molecule has 0 saturated heterocycles. The van der Waals surface area contributed by atoms with E-state index in [1.54, 1.807) is 42.5 Å². The lowest BCUT2D eigenvalue weighted by Gasteiger charge is -2.08. The molecule has 23 heavy (non-hydrogen) atoms. The maximum absolute atomic E-state index is 12.0.